The number of nitrogens with zero attached hydrogens (tertiary/aromatic N) is 2. The molecule has 6 heteroatoms. The SMILES string of the molecule is C#CCNC(=O)C1C(=O)N(c2ccccc2Br)N=C1c1ccccc1. The minimum atomic E-state index is -1.04. The smallest absolute Gasteiger partial charge is 0.266 e. The van der Waals surface area contributed by atoms with Gasteiger partial charge in [-0.25, -0.2) is 0 Å². The molecule has 0 radical (unpaired) electrons. The molecule has 2 aromatic carbocycles. The van der Waals surface area contributed by atoms with Gasteiger partial charge in [-0.15, -0.1) is 6.42 Å². The van der Waals surface area contributed by atoms with E-state index in [0.29, 0.717) is 21.4 Å². The van der Waals surface area contributed by atoms with E-state index in [1.54, 1.807) is 12.1 Å². The molecular weight excluding hydrogens is 382 g/mol. The van der Waals surface area contributed by atoms with E-state index in [4.69, 9.17) is 6.42 Å². The van der Waals surface area contributed by atoms with Crippen molar-refractivity contribution < 1.29 is 9.59 Å². The summed E-state index contributed by atoms with van der Waals surface area (Å²) in [5.74, 6) is 0.426. The number of halogens is 1. The van der Waals surface area contributed by atoms with E-state index >= 15 is 0 Å². The molecule has 1 heterocycles. The van der Waals surface area contributed by atoms with E-state index < -0.39 is 17.7 Å². The highest BCUT2D eigenvalue weighted by molar-refractivity contribution is 9.10. The molecule has 0 saturated heterocycles. The molecule has 5 nitrogen and oxygen atoms in total. The Morgan fingerprint density at radius 1 is 1.20 bits per heavy atom. The first-order valence-electron chi connectivity index (χ1n) is 7.57. The van der Waals surface area contributed by atoms with Gasteiger partial charge in [0.15, 0.2) is 5.92 Å². The molecule has 25 heavy (non-hydrogen) atoms. The maximum atomic E-state index is 12.9. The molecular formula is C19H14BrN3O2. The topological polar surface area (TPSA) is 61.8 Å². The van der Waals surface area contributed by atoms with Gasteiger partial charge in [-0.1, -0.05) is 48.4 Å². The number of para-hydroxylation sites is 1. The van der Waals surface area contributed by atoms with Crippen LogP contribution in [0.1, 0.15) is 5.56 Å². The van der Waals surface area contributed by atoms with Crippen LogP contribution in [0.5, 0.6) is 0 Å². The number of carbonyl (C=O) groups is 2. The van der Waals surface area contributed by atoms with E-state index in [9.17, 15) is 9.59 Å². The average molecular weight is 396 g/mol. The Labute approximate surface area is 153 Å². The Kier molecular flexibility index (Phi) is 4.96. The molecule has 1 aliphatic heterocycles. The third-order valence-corrected chi connectivity index (χ3v) is 4.38. The second-order valence-electron chi connectivity index (χ2n) is 5.31. The minimum absolute atomic E-state index is 0.0553. The zero-order chi connectivity index (χ0) is 17.8. The minimum Gasteiger partial charge on any atom is -0.344 e. The van der Waals surface area contributed by atoms with Gasteiger partial charge in [0.1, 0.15) is 0 Å². The van der Waals surface area contributed by atoms with Crippen molar-refractivity contribution in [3.63, 3.8) is 0 Å². The molecule has 1 atom stereocenters. The van der Waals surface area contributed by atoms with Gasteiger partial charge >= 0.3 is 0 Å². The number of terminal acetylenes is 1. The van der Waals surface area contributed by atoms with E-state index in [0.717, 1.165) is 0 Å². The van der Waals surface area contributed by atoms with Crippen molar-refractivity contribution in [2.45, 2.75) is 0 Å². The lowest BCUT2D eigenvalue weighted by atomic mass is 9.96. The first-order valence-corrected chi connectivity index (χ1v) is 8.36. The van der Waals surface area contributed by atoms with E-state index in [1.807, 2.05) is 42.5 Å². The summed E-state index contributed by atoms with van der Waals surface area (Å²) in [6, 6.07) is 16.4. The first kappa shape index (κ1) is 16.9. The van der Waals surface area contributed by atoms with Crippen molar-refractivity contribution in [3.05, 3.63) is 64.6 Å². The Morgan fingerprint density at radius 3 is 2.56 bits per heavy atom. The predicted molar refractivity (Wildman–Crippen MR) is 99.9 cm³/mol. The van der Waals surface area contributed by atoms with Crippen LogP contribution < -0.4 is 10.3 Å². The lowest BCUT2D eigenvalue weighted by molar-refractivity contribution is -0.130. The van der Waals surface area contributed by atoms with E-state index in [-0.39, 0.29) is 6.54 Å². The Bertz CT molecular complexity index is 887. The normalized spacial score (nSPS) is 16.3. The highest BCUT2D eigenvalue weighted by Gasteiger charge is 2.42. The molecule has 0 aromatic heterocycles. The second kappa shape index (κ2) is 7.32. The number of rotatable bonds is 4. The van der Waals surface area contributed by atoms with Crippen LogP contribution in [0.4, 0.5) is 5.69 Å². The van der Waals surface area contributed by atoms with Crippen molar-refractivity contribution in [2.24, 2.45) is 11.0 Å². The highest BCUT2D eigenvalue weighted by Crippen LogP contribution is 2.32. The van der Waals surface area contributed by atoms with Gasteiger partial charge in [0, 0.05) is 4.47 Å². The van der Waals surface area contributed by atoms with Crippen molar-refractivity contribution in [1.82, 2.24) is 5.32 Å². The molecule has 0 bridgehead atoms. The number of amides is 2. The van der Waals surface area contributed by atoms with Crippen LogP contribution in [0, 0.1) is 18.3 Å². The fourth-order valence-electron chi connectivity index (χ4n) is 2.56. The summed E-state index contributed by atoms with van der Waals surface area (Å²) in [6.07, 6.45) is 5.20. The zero-order valence-electron chi connectivity index (χ0n) is 13.1. The molecule has 1 unspecified atom stereocenters. The number of anilines is 1. The van der Waals surface area contributed by atoms with Crippen LogP contribution in [0.25, 0.3) is 0 Å². The monoisotopic (exact) mass is 395 g/mol. The summed E-state index contributed by atoms with van der Waals surface area (Å²) in [6.45, 7) is 0.0553. The molecule has 124 valence electrons. The summed E-state index contributed by atoms with van der Waals surface area (Å²) in [5, 5.41) is 8.27. The van der Waals surface area contributed by atoms with E-state index in [1.165, 1.54) is 5.01 Å². The van der Waals surface area contributed by atoms with Gasteiger partial charge in [-0.3, -0.25) is 9.59 Å². The summed E-state index contributed by atoms with van der Waals surface area (Å²) in [5.41, 5.74) is 1.69. The van der Waals surface area contributed by atoms with Gasteiger partial charge < -0.3 is 5.32 Å². The van der Waals surface area contributed by atoms with Crippen LogP contribution in [-0.4, -0.2) is 24.1 Å². The predicted octanol–water partition coefficient (Wildman–Crippen LogP) is 2.57. The molecule has 0 fully saturated rings. The zero-order valence-corrected chi connectivity index (χ0v) is 14.7. The number of hydrogen-bond acceptors (Lipinski definition) is 3. The first-order chi connectivity index (χ1) is 12.1. The van der Waals surface area contributed by atoms with Gasteiger partial charge in [0.25, 0.3) is 5.91 Å². The maximum absolute atomic E-state index is 12.9. The molecule has 3 rings (SSSR count). The number of nitrogens with one attached hydrogen (secondary N) is 1. The van der Waals surface area contributed by atoms with Crippen molar-refractivity contribution in [1.29, 1.82) is 0 Å². The Morgan fingerprint density at radius 2 is 1.88 bits per heavy atom. The lowest BCUT2D eigenvalue weighted by Crippen LogP contribution is -2.41. The summed E-state index contributed by atoms with van der Waals surface area (Å²) in [7, 11) is 0. The fraction of sp³-hybridized carbons (Fsp3) is 0.105. The van der Waals surface area contributed by atoms with Crippen LogP contribution in [0.3, 0.4) is 0 Å². The molecule has 2 amide bonds. The average Bonchev–Trinajstić information content (AvgIpc) is 2.98. The summed E-state index contributed by atoms with van der Waals surface area (Å²) in [4.78, 5) is 25.4. The molecule has 0 aliphatic carbocycles. The number of hydrazone groups is 1. The summed E-state index contributed by atoms with van der Waals surface area (Å²) >= 11 is 3.42. The third kappa shape index (κ3) is 3.32. The van der Waals surface area contributed by atoms with Crippen LogP contribution >= 0.6 is 15.9 Å². The Balaban J connectivity index is 2.04. The molecule has 2 aromatic rings. The van der Waals surface area contributed by atoms with Gasteiger partial charge in [-0.2, -0.15) is 10.1 Å². The number of benzene rings is 2. The fourth-order valence-corrected chi connectivity index (χ4v) is 3.01. The molecule has 1 aliphatic rings. The van der Waals surface area contributed by atoms with Crippen LogP contribution in [0.15, 0.2) is 64.2 Å². The van der Waals surface area contributed by atoms with Crippen LogP contribution in [-0.2, 0) is 9.59 Å². The molecule has 1 N–H and O–H groups in total. The standard InChI is InChI=1S/C19H14BrN3O2/c1-2-12-21-18(24)16-17(13-8-4-3-5-9-13)22-23(19(16)25)15-11-7-6-10-14(15)20/h1,3-11,16H,12H2,(H,21,24). The maximum Gasteiger partial charge on any atom is 0.266 e. The summed E-state index contributed by atoms with van der Waals surface area (Å²) < 4.78 is 0.712. The highest BCUT2D eigenvalue weighted by atomic mass is 79.9. The van der Waals surface area contributed by atoms with Crippen LogP contribution in [0.2, 0.25) is 0 Å². The Hall–Kier alpha value is -2.91. The van der Waals surface area contributed by atoms with Crippen molar-refractivity contribution in [2.75, 3.05) is 11.6 Å². The van der Waals surface area contributed by atoms with Crippen molar-refractivity contribution in [3.8, 4) is 12.3 Å². The number of hydrogen-bond donors (Lipinski definition) is 1. The van der Waals surface area contributed by atoms with Gasteiger partial charge in [0.2, 0.25) is 5.91 Å². The quantitative estimate of drug-likeness (QED) is 0.638. The molecule has 0 saturated carbocycles. The van der Waals surface area contributed by atoms with Gasteiger partial charge in [0.05, 0.1) is 17.9 Å². The molecule has 0 spiro atoms. The lowest BCUT2D eigenvalue weighted by Gasteiger charge is -2.15. The second-order valence-corrected chi connectivity index (χ2v) is 6.16. The van der Waals surface area contributed by atoms with Gasteiger partial charge in [-0.05, 0) is 33.6 Å². The number of carbonyl (C=O) groups excluding carboxylic acids is 2. The third-order valence-electron chi connectivity index (χ3n) is 3.71. The van der Waals surface area contributed by atoms with E-state index in [2.05, 4.69) is 32.3 Å². The van der Waals surface area contributed by atoms with Crippen molar-refractivity contribution >= 4 is 39.1 Å². The largest absolute Gasteiger partial charge is 0.344 e.